The van der Waals surface area contributed by atoms with Gasteiger partial charge in [-0.1, -0.05) is 41.6 Å². The van der Waals surface area contributed by atoms with E-state index in [4.69, 9.17) is 15.0 Å². The molecule has 4 aromatic rings. The van der Waals surface area contributed by atoms with Gasteiger partial charge in [0.1, 0.15) is 17.3 Å². The van der Waals surface area contributed by atoms with Crippen LogP contribution >= 0.6 is 0 Å². The first-order valence-corrected chi connectivity index (χ1v) is 8.71. The molecule has 2 heterocycles. The van der Waals surface area contributed by atoms with Crippen molar-refractivity contribution < 1.29 is 9.26 Å². The number of aromatic nitrogens is 3. The molecule has 0 saturated carbocycles. The first-order chi connectivity index (χ1) is 13.6. The fourth-order valence-corrected chi connectivity index (χ4v) is 2.95. The van der Waals surface area contributed by atoms with E-state index in [1.807, 2.05) is 61.5 Å². The van der Waals surface area contributed by atoms with E-state index >= 15 is 0 Å². The van der Waals surface area contributed by atoms with Crippen LogP contribution in [0.5, 0.6) is 5.75 Å². The highest BCUT2D eigenvalue weighted by Crippen LogP contribution is 2.33. The van der Waals surface area contributed by atoms with Crippen molar-refractivity contribution in [1.82, 2.24) is 15.1 Å². The van der Waals surface area contributed by atoms with E-state index in [0.717, 1.165) is 33.7 Å². The lowest BCUT2D eigenvalue weighted by molar-refractivity contribution is 0.414. The standard InChI is InChI=1S/C21H19N5O2/c1-13-10-15(27-2)8-9-16(13)17-12-23-21(22)25-20(17)24-19-11-18(26-28-19)14-6-4-3-5-7-14/h3-12H,1-2H3,(H3,22,23,24,25). The van der Waals surface area contributed by atoms with Gasteiger partial charge in [-0.15, -0.1) is 0 Å². The number of methoxy groups -OCH3 is 1. The second kappa shape index (κ2) is 7.40. The van der Waals surface area contributed by atoms with Gasteiger partial charge in [0.25, 0.3) is 0 Å². The van der Waals surface area contributed by atoms with Crippen molar-refractivity contribution in [2.45, 2.75) is 6.92 Å². The van der Waals surface area contributed by atoms with Crippen LogP contribution < -0.4 is 15.8 Å². The number of benzene rings is 2. The van der Waals surface area contributed by atoms with E-state index < -0.39 is 0 Å². The smallest absolute Gasteiger partial charge is 0.230 e. The minimum Gasteiger partial charge on any atom is -0.497 e. The maximum atomic E-state index is 5.81. The molecule has 2 aromatic heterocycles. The maximum Gasteiger partial charge on any atom is 0.230 e. The van der Waals surface area contributed by atoms with Gasteiger partial charge in [-0.25, -0.2) is 4.98 Å². The third kappa shape index (κ3) is 3.50. The SMILES string of the molecule is COc1ccc(-c2cnc(N)nc2Nc2cc(-c3ccccc3)no2)c(C)c1. The van der Waals surface area contributed by atoms with Crippen LogP contribution in [0, 0.1) is 6.92 Å². The summed E-state index contributed by atoms with van der Waals surface area (Å²) in [4.78, 5) is 8.49. The van der Waals surface area contributed by atoms with Crippen LogP contribution in [0.4, 0.5) is 17.7 Å². The van der Waals surface area contributed by atoms with Gasteiger partial charge in [0, 0.05) is 23.4 Å². The number of nitrogens with zero attached hydrogens (tertiary/aromatic N) is 3. The van der Waals surface area contributed by atoms with Gasteiger partial charge in [-0.05, 0) is 30.2 Å². The molecule has 28 heavy (non-hydrogen) atoms. The molecule has 0 unspecified atom stereocenters. The summed E-state index contributed by atoms with van der Waals surface area (Å²) in [7, 11) is 1.64. The minimum atomic E-state index is 0.167. The second-order valence-corrected chi connectivity index (χ2v) is 6.24. The summed E-state index contributed by atoms with van der Waals surface area (Å²) in [5.74, 6) is 1.95. The summed E-state index contributed by atoms with van der Waals surface area (Å²) in [5, 5.41) is 7.29. The van der Waals surface area contributed by atoms with Crippen LogP contribution in [-0.4, -0.2) is 22.2 Å². The number of aryl methyl sites for hydroxylation is 1. The Morgan fingerprint density at radius 3 is 2.61 bits per heavy atom. The summed E-state index contributed by atoms with van der Waals surface area (Å²) in [5.41, 5.74) is 10.3. The molecule has 4 rings (SSSR count). The maximum absolute atomic E-state index is 5.81. The number of nitrogens with two attached hydrogens (primary N) is 1. The van der Waals surface area contributed by atoms with Gasteiger partial charge >= 0.3 is 0 Å². The Kier molecular flexibility index (Phi) is 4.63. The quantitative estimate of drug-likeness (QED) is 0.533. The summed E-state index contributed by atoms with van der Waals surface area (Å²) in [6, 6.07) is 17.4. The van der Waals surface area contributed by atoms with E-state index in [1.54, 1.807) is 13.3 Å². The minimum absolute atomic E-state index is 0.167. The predicted molar refractivity (Wildman–Crippen MR) is 108 cm³/mol. The van der Waals surface area contributed by atoms with Crippen molar-refractivity contribution in [3.05, 3.63) is 66.4 Å². The molecule has 0 radical (unpaired) electrons. The first-order valence-electron chi connectivity index (χ1n) is 8.71. The average molecular weight is 373 g/mol. The number of rotatable bonds is 5. The van der Waals surface area contributed by atoms with Crippen molar-refractivity contribution in [2.24, 2.45) is 0 Å². The summed E-state index contributed by atoms with van der Waals surface area (Å²) < 4.78 is 10.7. The van der Waals surface area contributed by atoms with Gasteiger partial charge in [0.15, 0.2) is 0 Å². The van der Waals surface area contributed by atoms with Gasteiger partial charge < -0.3 is 20.3 Å². The third-order valence-corrected chi connectivity index (χ3v) is 4.35. The third-order valence-electron chi connectivity index (χ3n) is 4.35. The Morgan fingerprint density at radius 1 is 1.04 bits per heavy atom. The van der Waals surface area contributed by atoms with Crippen LogP contribution in [0.25, 0.3) is 22.4 Å². The number of nitrogens with one attached hydrogen (secondary N) is 1. The number of hydrogen-bond acceptors (Lipinski definition) is 7. The molecule has 0 aliphatic heterocycles. The van der Waals surface area contributed by atoms with Crippen molar-refractivity contribution >= 4 is 17.7 Å². The molecular weight excluding hydrogens is 354 g/mol. The summed E-state index contributed by atoms with van der Waals surface area (Å²) in [6.07, 6.45) is 1.69. The average Bonchev–Trinajstić information content (AvgIpc) is 3.18. The van der Waals surface area contributed by atoms with Crippen molar-refractivity contribution in [3.63, 3.8) is 0 Å². The Balaban J connectivity index is 1.69. The fourth-order valence-electron chi connectivity index (χ4n) is 2.95. The molecule has 140 valence electrons. The van der Waals surface area contributed by atoms with Crippen LogP contribution in [-0.2, 0) is 0 Å². The fraction of sp³-hybridized carbons (Fsp3) is 0.0952. The van der Waals surface area contributed by atoms with Crippen LogP contribution in [0.2, 0.25) is 0 Å². The molecule has 7 nitrogen and oxygen atoms in total. The summed E-state index contributed by atoms with van der Waals surface area (Å²) in [6.45, 7) is 2.00. The number of nitrogen functional groups attached to an aromatic ring is 1. The van der Waals surface area contributed by atoms with Crippen molar-refractivity contribution in [3.8, 4) is 28.1 Å². The topological polar surface area (TPSA) is 99.1 Å². The molecule has 3 N–H and O–H groups in total. The predicted octanol–water partition coefficient (Wildman–Crippen LogP) is 4.44. The van der Waals surface area contributed by atoms with Crippen LogP contribution in [0.1, 0.15) is 5.56 Å². The van der Waals surface area contributed by atoms with Crippen LogP contribution in [0.15, 0.2) is 65.3 Å². The molecule has 0 fully saturated rings. The molecule has 0 saturated heterocycles. The Morgan fingerprint density at radius 2 is 1.86 bits per heavy atom. The van der Waals surface area contributed by atoms with Gasteiger partial charge in [0.05, 0.1) is 7.11 Å². The van der Waals surface area contributed by atoms with Crippen molar-refractivity contribution in [1.29, 1.82) is 0 Å². The highest BCUT2D eigenvalue weighted by Gasteiger charge is 2.14. The van der Waals surface area contributed by atoms with Crippen LogP contribution in [0.3, 0.4) is 0 Å². The van der Waals surface area contributed by atoms with Gasteiger partial charge in [-0.2, -0.15) is 4.98 Å². The van der Waals surface area contributed by atoms with E-state index in [9.17, 15) is 0 Å². The molecule has 7 heteroatoms. The zero-order valence-corrected chi connectivity index (χ0v) is 15.5. The van der Waals surface area contributed by atoms with E-state index in [-0.39, 0.29) is 5.95 Å². The molecule has 0 atom stereocenters. The van der Waals surface area contributed by atoms with E-state index in [0.29, 0.717) is 11.7 Å². The molecule has 0 amide bonds. The van der Waals surface area contributed by atoms with Crippen molar-refractivity contribution in [2.75, 3.05) is 18.2 Å². The molecule has 2 aromatic carbocycles. The summed E-state index contributed by atoms with van der Waals surface area (Å²) >= 11 is 0. The number of ether oxygens (including phenoxy) is 1. The number of hydrogen-bond donors (Lipinski definition) is 2. The largest absolute Gasteiger partial charge is 0.497 e. The normalized spacial score (nSPS) is 10.6. The highest BCUT2D eigenvalue weighted by atomic mass is 16.5. The first kappa shape index (κ1) is 17.5. The molecule has 0 aliphatic rings. The van der Waals surface area contributed by atoms with E-state index in [1.165, 1.54) is 0 Å². The lowest BCUT2D eigenvalue weighted by Crippen LogP contribution is -2.02. The zero-order valence-electron chi connectivity index (χ0n) is 15.5. The second-order valence-electron chi connectivity index (χ2n) is 6.24. The zero-order chi connectivity index (χ0) is 19.5. The Labute approximate surface area is 162 Å². The Bertz CT molecular complexity index is 1110. The molecule has 0 bridgehead atoms. The molecule has 0 spiro atoms. The Hall–Kier alpha value is -3.87. The molecular formula is C21H19N5O2. The van der Waals surface area contributed by atoms with Gasteiger partial charge in [-0.3, -0.25) is 0 Å². The lowest BCUT2D eigenvalue weighted by Gasteiger charge is -2.12. The highest BCUT2D eigenvalue weighted by molar-refractivity contribution is 5.80. The monoisotopic (exact) mass is 373 g/mol. The van der Waals surface area contributed by atoms with Gasteiger partial charge in [0.2, 0.25) is 11.8 Å². The lowest BCUT2D eigenvalue weighted by atomic mass is 10.0. The molecule has 0 aliphatic carbocycles. The number of anilines is 3. The van der Waals surface area contributed by atoms with E-state index in [2.05, 4.69) is 20.4 Å².